The number of fused-ring (bicyclic) bond motifs is 1. The number of nitrogens with two attached hydrogens (primary N) is 3. The fourth-order valence-electron chi connectivity index (χ4n) is 1.94. The van der Waals surface area contributed by atoms with Crippen molar-refractivity contribution in [2.24, 2.45) is 27.2 Å². The molecule has 8 nitrogen and oxygen atoms in total. The van der Waals surface area contributed by atoms with Gasteiger partial charge in [0.1, 0.15) is 11.0 Å². The number of benzene rings is 2. The average molecular weight is 294 g/mol. The van der Waals surface area contributed by atoms with E-state index in [-0.39, 0.29) is 11.9 Å². The van der Waals surface area contributed by atoms with Crippen LogP contribution in [0.4, 0.5) is 5.69 Å². The molecule has 0 saturated heterocycles. The maximum Gasteiger partial charge on any atom is 0.223 e. The molecule has 0 unspecified atom stereocenters. The zero-order chi connectivity index (χ0) is 15.5. The molecule has 1 heterocycles. The molecule has 110 valence electrons. The molecule has 6 N–H and O–H groups in total. The molecule has 2 aromatic carbocycles. The summed E-state index contributed by atoms with van der Waals surface area (Å²) in [5.41, 5.74) is 19.0. The highest BCUT2D eigenvalue weighted by Crippen LogP contribution is 2.19. The van der Waals surface area contributed by atoms with Gasteiger partial charge in [0.15, 0.2) is 5.96 Å². The van der Waals surface area contributed by atoms with Crippen LogP contribution < -0.4 is 17.2 Å². The van der Waals surface area contributed by atoms with E-state index >= 15 is 0 Å². The quantitative estimate of drug-likeness (QED) is 0.471. The van der Waals surface area contributed by atoms with E-state index in [2.05, 4.69) is 20.2 Å². The summed E-state index contributed by atoms with van der Waals surface area (Å²) < 4.78 is 0. The topological polar surface area (TPSA) is 133 Å². The van der Waals surface area contributed by atoms with E-state index in [0.29, 0.717) is 11.2 Å². The van der Waals surface area contributed by atoms with Gasteiger partial charge >= 0.3 is 0 Å². The molecule has 0 aliphatic carbocycles. The van der Waals surface area contributed by atoms with E-state index in [1.807, 2.05) is 36.4 Å². The van der Waals surface area contributed by atoms with Gasteiger partial charge < -0.3 is 17.2 Å². The largest absolute Gasteiger partial charge is 0.370 e. The number of hydrogen-bond acceptors (Lipinski definition) is 3. The van der Waals surface area contributed by atoms with Crippen LogP contribution in [0.25, 0.3) is 16.7 Å². The lowest BCUT2D eigenvalue weighted by atomic mass is 10.3. The Morgan fingerprint density at radius 1 is 0.909 bits per heavy atom. The van der Waals surface area contributed by atoms with Gasteiger partial charge in [-0.3, -0.25) is 0 Å². The van der Waals surface area contributed by atoms with Gasteiger partial charge in [-0.1, -0.05) is 18.2 Å². The first-order chi connectivity index (χ1) is 10.6. The van der Waals surface area contributed by atoms with E-state index in [4.69, 9.17) is 17.2 Å². The molecule has 0 radical (unpaired) electrons. The van der Waals surface area contributed by atoms with Gasteiger partial charge in [-0.25, -0.2) is 4.99 Å². The molecule has 0 aliphatic heterocycles. The predicted molar refractivity (Wildman–Crippen MR) is 86.0 cm³/mol. The summed E-state index contributed by atoms with van der Waals surface area (Å²) in [7, 11) is 0. The summed E-state index contributed by atoms with van der Waals surface area (Å²) in [5, 5.41) is 8.83. The van der Waals surface area contributed by atoms with Crippen molar-refractivity contribution in [3.8, 4) is 5.69 Å². The van der Waals surface area contributed by atoms with Crippen molar-refractivity contribution in [3.63, 3.8) is 0 Å². The van der Waals surface area contributed by atoms with Gasteiger partial charge in [0.25, 0.3) is 0 Å². The zero-order valence-corrected chi connectivity index (χ0v) is 11.6. The van der Waals surface area contributed by atoms with Gasteiger partial charge in [-0.15, -0.1) is 10.2 Å². The number of aromatic nitrogens is 3. The smallest absolute Gasteiger partial charge is 0.223 e. The standard InChI is InChI=1S/C14H14N8/c15-13(16)19-14(17)18-9-6-7-11-12(8-9)21-22(20-11)10-4-2-1-3-5-10/h1-8H,(H6,15,16,17,18,19). The SMILES string of the molecule is NC(N)=NC(N)=Nc1ccc2nn(-c3ccccc3)nc2c1. The Balaban J connectivity index is 1.99. The van der Waals surface area contributed by atoms with Crippen LogP contribution in [0.5, 0.6) is 0 Å². The minimum atomic E-state index is -0.141. The highest BCUT2D eigenvalue weighted by atomic mass is 15.5. The first-order valence-corrected chi connectivity index (χ1v) is 6.48. The maximum atomic E-state index is 5.61. The van der Waals surface area contributed by atoms with Gasteiger partial charge in [-0.05, 0) is 30.3 Å². The third-order valence-corrected chi connectivity index (χ3v) is 2.84. The zero-order valence-electron chi connectivity index (χ0n) is 11.6. The highest BCUT2D eigenvalue weighted by molar-refractivity contribution is 5.94. The van der Waals surface area contributed by atoms with Crippen molar-refractivity contribution >= 4 is 28.6 Å². The second kappa shape index (κ2) is 5.52. The minimum Gasteiger partial charge on any atom is -0.370 e. The molecule has 0 bridgehead atoms. The third kappa shape index (κ3) is 2.85. The average Bonchev–Trinajstić information content (AvgIpc) is 2.90. The van der Waals surface area contributed by atoms with E-state index in [1.54, 1.807) is 16.9 Å². The summed E-state index contributed by atoms with van der Waals surface area (Å²) in [6.45, 7) is 0. The van der Waals surface area contributed by atoms with E-state index in [1.165, 1.54) is 0 Å². The highest BCUT2D eigenvalue weighted by Gasteiger charge is 2.05. The summed E-state index contributed by atoms with van der Waals surface area (Å²) in [4.78, 5) is 9.33. The molecule has 0 spiro atoms. The summed E-state index contributed by atoms with van der Waals surface area (Å²) in [6.07, 6.45) is 0. The number of aliphatic imine (C=N–C) groups is 2. The molecule has 3 aromatic rings. The molecule has 1 aromatic heterocycles. The molecular weight excluding hydrogens is 280 g/mol. The van der Waals surface area contributed by atoms with E-state index in [9.17, 15) is 0 Å². The normalized spacial score (nSPS) is 11.5. The number of rotatable bonds is 2. The van der Waals surface area contributed by atoms with Crippen molar-refractivity contribution in [2.75, 3.05) is 0 Å². The second-order valence-corrected chi connectivity index (χ2v) is 4.50. The van der Waals surface area contributed by atoms with Crippen LogP contribution >= 0.6 is 0 Å². The molecule has 0 atom stereocenters. The third-order valence-electron chi connectivity index (χ3n) is 2.84. The van der Waals surface area contributed by atoms with E-state index < -0.39 is 0 Å². The molecule has 0 saturated carbocycles. The Morgan fingerprint density at radius 2 is 1.64 bits per heavy atom. The monoisotopic (exact) mass is 294 g/mol. The lowest BCUT2D eigenvalue weighted by Gasteiger charge is -1.96. The number of nitrogens with zero attached hydrogens (tertiary/aromatic N) is 5. The predicted octanol–water partition coefficient (Wildman–Crippen LogP) is 0.640. The van der Waals surface area contributed by atoms with Crippen LogP contribution in [0.3, 0.4) is 0 Å². The van der Waals surface area contributed by atoms with Crippen LogP contribution in [-0.4, -0.2) is 26.9 Å². The van der Waals surface area contributed by atoms with E-state index in [0.717, 1.165) is 11.2 Å². The lowest BCUT2D eigenvalue weighted by molar-refractivity contribution is 0.766. The van der Waals surface area contributed by atoms with Gasteiger partial charge in [-0.2, -0.15) is 9.79 Å². The molecule has 3 rings (SSSR count). The van der Waals surface area contributed by atoms with Crippen molar-refractivity contribution in [3.05, 3.63) is 48.5 Å². The molecular formula is C14H14N8. The lowest BCUT2D eigenvalue weighted by Crippen LogP contribution is -2.26. The van der Waals surface area contributed by atoms with Gasteiger partial charge in [0, 0.05) is 0 Å². The van der Waals surface area contributed by atoms with Crippen molar-refractivity contribution in [1.82, 2.24) is 15.0 Å². The number of guanidine groups is 2. The summed E-state index contributed by atoms with van der Waals surface area (Å²) >= 11 is 0. The van der Waals surface area contributed by atoms with Crippen molar-refractivity contribution in [1.29, 1.82) is 0 Å². The molecule has 0 amide bonds. The Kier molecular flexibility index (Phi) is 3.40. The first kappa shape index (κ1) is 13.6. The molecule has 0 aliphatic rings. The van der Waals surface area contributed by atoms with Crippen molar-refractivity contribution < 1.29 is 0 Å². The number of hydrogen-bond donors (Lipinski definition) is 3. The molecule has 8 heteroatoms. The molecule has 22 heavy (non-hydrogen) atoms. The fourth-order valence-corrected chi connectivity index (χ4v) is 1.94. The Labute approximate surface area is 126 Å². The van der Waals surface area contributed by atoms with Crippen LogP contribution in [-0.2, 0) is 0 Å². The van der Waals surface area contributed by atoms with Crippen LogP contribution in [0.15, 0.2) is 58.5 Å². The molecule has 0 fully saturated rings. The van der Waals surface area contributed by atoms with Gasteiger partial charge in [0.05, 0.1) is 11.4 Å². The van der Waals surface area contributed by atoms with Crippen LogP contribution in [0, 0.1) is 0 Å². The second-order valence-electron chi connectivity index (χ2n) is 4.50. The fraction of sp³-hybridized carbons (Fsp3) is 0. The van der Waals surface area contributed by atoms with Gasteiger partial charge in [0.2, 0.25) is 5.96 Å². The Morgan fingerprint density at radius 3 is 2.36 bits per heavy atom. The Bertz CT molecular complexity index is 859. The summed E-state index contributed by atoms with van der Waals surface area (Å²) in [5.74, 6) is -0.160. The van der Waals surface area contributed by atoms with Crippen LogP contribution in [0.1, 0.15) is 0 Å². The van der Waals surface area contributed by atoms with Crippen molar-refractivity contribution in [2.45, 2.75) is 0 Å². The first-order valence-electron chi connectivity index (χ1n) is 6.48. The van der Waals surface area contributed by atoms with Crippen LogP contribution in [0.2, 0.25) is 0 Å². The number of para-hydroxylation sites is 1. The summed E-state index contributed by atoms with van der Waals surface area (Å²) in [6, 6.07) is 15.0. The maximum absolute atomic E-state index is 5.61. The Hall–Kier alpha value is -3.42. The minimum absolute atomic E-state index is 0.0187.